The molecule has 1 amide bonds. The predicted octanol–water partition coefficient (Wildman–Crippen LogP) is 3.75. The number of amides is 1. The van der Waals surface area contributed by atoms with Gasteiger partial charge in [-0.05, 0) is 35.9 Å². The summed E-state index contributed by atoms with van der Waals surface area (Å²) in [5, 5.41) is 12.0. The monoisotopic (exact) mass is 460 g/mol. The van der Waals surface area contributed by atoms with Crippen LogP contribution in [0.2, 0.25) is 10.0 Å². The van der Waals surface area contributed by atoms with Gasteiger partial charge in [-0.15, -0.1) is 0 Å². The normalized spacial score (nSPS) is 21.6. The quantitative estimate of drug-likeness (QED) is 0.418. The fourth-order valence-corrected chi connectivity index (χ4v) is 4.33. The highest BCUT2D eigenvalue weighted by Crippen LogP contribution is 2.41. The van der Waals surface area contributed by atoms with Crippen molar-refractivity contribution in [2.45, 2.75) is 6.04 Å². The van der Waals surface area contributed by atoms with Gasteiger partial charge in [0.1, 0.15) is 5.76 Å². The number of morpholine rings is 1. The van der Waals surface area contributed by atoms with Gasteiger partial charge in [-0.25, -0.2) is 0 Å². The number of aliphatic hydroxyl groups is 1. The van der Waals surface area contributed by atoms with E-state index in [-0.39, 0.29) is 11.3 Å². The molecule has 2 aliphatic rings. The molecule has 8 heteroatoms. The molecule has 0 radical (unpaired) electrons. The number of aliphatic hydroxyl groups excluding tert-OH is 1. The Labute approximate surface area is 190 Å². The minimum atomic E-state index is -0.773. The van der Waals surface area contributed by atoms with Crippen molar-refractivity contribution >= 4 is 40.7 Å². The minimum Gasteiger partial charge on any atom is -0.507 e. The van der Waals surface area contributed by atoms with Gasteiger partial charge >= 0.3 is 0 Å². The summed E-state index contributed by atoms with van der Waals surface area (Å²) < 4.78 is 5.38. The molecule has 162 valence electrons. The summed E-state index contributed by atoms with van der Waals surface area (Å²) in [5.74, 6) is -1.61. The van der Waals surface area contributed by atoms with Gasteiger partial charge in [-0.3, -0.25) is 14.5 Å². The minimum absolute atomic E-state index is 0.0300. The molecule has 2 saturated heterocycles. The summed E-state index contributed by atoms with van der Waals surface area (Å²) >= 11 is 12.4. The molecular weight excluding hydrogens is 439 g/mol. The Morgan fingerprint density at radius 2 is 1.68 bits per heavy atom. The van der Waals surface area contributed by atoms with Gasteiger partial charge in [0.15, 0.2) is 0 Å². The molecule has 1 atom stereocenters. The van der Waals surface area contributed by atoms with E-state index in [1.807, 2.05) is 0 Å². The van der Waals surface area contributed by atoms with Crippen LogP contribution < -0.4 is 0 Å². The fraction of sp³-hybridized carbons (Fsp3) is 0.304. The van der Waals surface area contributed by atoms with Crippen LogP contribution in [-0.2, 0) is 14.3 Å². The second-order valence-corrected chi connectivity index (χ2v) is 8.32. The largest absolute Gasteiger partial charge is 0.507 e. The molecule has 4 rings (SSSR count). The van der Waals surface area contributed by atoms with Gasteiger partial charge in [0.05, 0.1) is 24.8 Å². The highest BCUT2D eigenvalue weighted by Gasteiger charge is 2.46. The molecule has 0 bridgehead atoms. The fourth-order valence-electron chi connectivity index (χ4n) is 3.97. The SMILES string of the molecule is O=C1C(=O)N(CCN2CCOCC2)C(c2ccccc2Cl)C1=C(O)c1ccc(Cl)cc1. The van der Waals surface area contributed by atoms with Gasteiger partial charge in [0.2, 0.25) is 0 Å². The van der Waals surface area contributed by atoms with Gasteiger partial charge in [-0.1, -0.05) is 41.4 Å². The molecule has 2 aromatic rings. The summed E-state index contributed by atoms with van der Waals surface area (Å²) in [6.07, 6.45) is 0. The first-order chi connectivity index (χ1) is 15.0. The number of hydrogen-bond donors (Lipinski definition) is 1. The van der Waals surface area contributed by atoms with E-state index in [2.05, 4.69) is 4.90 Å². The van der Waals surface area contributed by atoms with E-state index in [1.54, 1.807) is 48.5 Å². The highest BCUT2D eigenvalue weighted by molar-refractivity contribution is 6.47. The number of benzene rings is 2. The number of likely N-dealkylation sites (tertiary alicyclic amines) is 1. The van der Waals surface area contributed by atoms with Crippen molar-refractivity contribution in [3.8, 4) is 0 Å². The number of carbonyl (C=O) groups is 2. The van der Waals surface area contributed by atoms with E-state index >= 15 is 0 Å². The number of rotatable bonds is 5. The number of nitrogens with zero attached hydrogens (tertiary/aromatic N) is 2. The Morgan fingerprint density at radius 1 is 1.00 bits per heavy atom. The molecule has 2 fully saturated rings. The van der Waals surface area contributed by atoms with Gasteiger partial charge < -0.3 is 14.7 Å². The second-order valence-electron chi connectivity index (χ2n) is 7.47. The zero-order chi connectivity index (χ0) is 22.0. The molecule has 0 aromatic heterocycles. The second kappa shape index (κ2) is 9.40. The Morgan fingerprint density at radius 3 is 2.35 bits per heavy atom. The number of ether oxygens (including phenoxy) is 1. The third kappa shape index (κ3) is 4.48. The maximum Gasteiger partial charge on any atom is 0.295 e. The average molecular weight is 461 g/mol. The van der Waals surface area contributed by atoms with E-state index in [1.165, 1.54) is 4.90 Å². The van der Waals surface area contributed by atoms with Crippen molar-refractivity contribution in [2.75, 3.05) is 39.4 Å². The molecule has 0 saturated carbocycles. The van der Waals surface area contributed by atoms with Crippen LogP contribution in [0.1, 0.15) is 17.2 Å². The van der Waals surface area contributed by atoms with Crippen LogP contribution in [0.25, 0.3) is 5.76 Å². The predicted molar refractivity (Wildman–Crippen MR) is 119 cm³/mol. The molecule has 1 unspecified atom stereocenters. The molecular formula is C23H22Cl2N2O4. The van der Waals surface area contributed by atoms with Crippen LogP contribution in [-0.4, -0.2) is 66.0 Å². The van der Waals surface area contributed by atoms with E-state index in [0.29, 0.717) is 47.5 Å². The zero-order valence-electron chi connectivity index (χ0n) is 16.8. The maximum absolute atomic E-state index is 13.0. The zero-order valence-corrected chi connectivity index (χ0v) is 18.3. The van der Waals surface area contributed by atoms with Crippen LogP contribution >= 0.6 is 23.2 Å². The lowest BCUT2D eigenvalue weighted by atomic mass is 9.95. The molecule has 0 aliphatic carbocycles. The first kappa shape index (κ1) is 21.8. The number of hydrogen-bond acceptors (Lipinski definition) is 5. The first-order valence-corrected chi connectivity index (χ1v) is 10.8. The van der Waals surface area contributed by atoms with Crippen molar-refractivity contribution in [1.82, 2.24) is 9.80 Å². The van der Waals surface area contributed by atoms with Crippen LogP contribution in [0.3, 0.4) is 0 Å². The molecule has 0 spiro atoms. The lowest BCUT2D eigenvalue weighted by Gasteiger charge is -2.31. The topological polar surface area (TPSA) is 70.1 Å². The standard InChI is InChI=1S/C23H22Cl2N2O4/c24-16-7-5-15(6-8-16)21(28)19-20(17-3-1-2-4-18(17)25)27(23(30)22(19)29)10-9-26-11-13-31-14-12-26/h1-8,20,28H,9-14H2. The van der Waals surface area contributed by atoms with Crippen molar-refractivity contribution in [2.24, 2.45) is 0 Å². The Balaban J connectivity index is 1.75. The van der Waals surface area contributed by atoms with Crippen LogP contribution in [0.15, 0.2) is 54.1 Å². The smallest absolute Gasteiger partial charge is 0.295 e. The molecule has 2 aliphatic heterocycles. The maximum atomic E-state index is 13.0. The summed E-state index contributed by atoms with van der Waals surface area (Å²) in [7, 11) is 0. The molecule has 2 heterocycles. The van der Waals surface area contributed by atoms with E-state index in [9.17, 15) is 14.7 Å². The van der Waals surface area contributed by atoms with Crippen molar-refractivity contribution in [3.63, 3.8) is 0 Å². The lowest BCUT2D eigenvalue weighted by molar-refractivity contribution is -0.140. The van der Waals surface area contributed by atoms with Crippen molar-refractivity contribution in [1.29, 1.82) is 0 Å². The van der Waals surface area contributed by atoms with Gasteiger partial charge in [-0.2, -0.15) is 0 Å². The lowest BCUT2D eigenvalue weighted by Crippen LogP contribution is -2.42. The molecule has 2 aromatic carbocycles. The number of carbonyl (C=O) groups excluding carboxylic acids is 2. The Kier molecular flexibility index (Phi) is 6.62. The third-order valence-electron chi connectivity index (χ3n) is 5.62. The van der Waals surface area contributed by atoms with Gasteiger partial charge in [0.25, 0.3) is 11.7 Å². The highest BCUT2D eigenvalue weighted by atomic mass is 35.5. The number of ketones is 1. The van der Waals surface area contributed by atoms with Crippen molar-refractivity contribution < 1.29 is 19.4 Å². The summed E-state index contributed by atoms with van der Waals surface area (Å²) in [4.78, 5) is 29.7. The van der Waals surface area contributed by atoms with Crippen LogP contribution in [0.4, 0.5) is 0 Å². The third-order valence-corrected chi connectivity index (χ3v) is 6.21. The molecule has 6 nitrogen and oxygen atoms in total. The Bertz CT molecular complexity index is 1020. The van der Waals surface area contributed by atoms with Crippen molar-refractivity contribution in [3.05, 3.63) is 75.3 Å². The summed E-state index contributed by atoms with van der Waals surface area (Å²) in [5.41, 5.74) is 1.04. The average Bonchev–Trinajstić information content (AvgIpc) is 3.03. The Hall–Kier alpha value is -2.38. The molecule has 1 N–H and O–H groups in total. The first-order valence-electron chi connectivity index (χ1n) is 10.1. The van der Waals surface area contributed by atoms with Crippen LogP contribution in [0.5, 0.6) is 0 Å². The van der Waals surface area contributed by atoms with E-state index in [4.69, 9.17) is 27.9 Å². The van der Waals surface area contributed by atoms with E-state index < -0.39 is 17.7 Å². The number of halogens is 2. The number of Topliss-reactive ketones (excluding diaryl/α,β-unsaturated/α-hetero) is 1. The van der Waals surface area contributed by atoms with Crippen LogP contribution in [0, 0.1) is 0 Å². The van der Waals surface area contributed by atoms with Gasteiger partial charge in [0, 0.05) is 41.8 Å². The molecule has 31 heavy (non-hydrogen) atoms. The summed E-state index contributed by atoms with van der Waals surface area (Å²) in [6.45, 7) is 3.75. The van der Waals surface area contributed by atoms with E-state index in [0.717, 1.165) is 13.1 Å². The summed E-state index contributed by atoms with van der Waals surface area (Å²) in [6, 6.07) is 12.8.